The lowest BCUT2D eigenvalue weighted by atomic mass is 10.1. The van der Waals surface area contributed by atoms with E-state index >= 15 is 0 Å². The average molecular weight is 347 g/mol. The molecular formula is C17H12F3N3O2. The number of rotatable bonds is 2. The lowest BCUT2D eigenvalue weighted by Gasteiger charge is -2.10. The summed E-state index contributed by atoms with van der Waals surface area (Å²) < 4.78 is 38.2. The van der Waals surface area contributed by atoms with E-state index in [2.05, 4.69) is 15.5 Å². The molecule has 0 unspecified atom stereocenters. The molecule has 1 heterocycles. The number of carbonyl (C=O) groups excluding carboxylic acids is 1. The topological polar surface area (TPSA) is 74.8 Å². The number of amides is 1. The number of alkyl halides is 3. The monoisotopic (exact) mass is 347 g/mol. The number of hydrogen-bond acceptors (Lipinski definition) is 3. The third-order valence-corrected chi connectivity index (χ3v) is 3.69. The van der Waals surface area contributed by atoms with Crippen LogP contribution in [0.5, 0.6) is 0 Å². The van der Waals surface area contributed by atoms with Crippen molar-refractivity contribution in [2.75, 3.05) is 5.32 Å². The van der Waals surface area contributed by atoms with E-state index in [1.165, 1.54) is 30.3 Å². The minimum absolute atomic E-state index is 0.0284. The van der Waals surface area contributed by atoms with Crippen molar-refractivity contribution in [3.05, 3.63) is 69.6 Å². The summed E-state index contributed by atoms with van der Waals surface area (Å²) in [5, 5.41) is 9.48. The molecule has 128 valence electrons. The fourth-order valence-electron chi connectivity index (χ4n) is 2.41. The van der Waals surface area contributed by atoms with Gasteiger partial charge in [0.1, 0.15) is 0 Å². The second kappa shape index (κ2) is 6.04. The Kier molecular flexibility index (Phi) is 4.03. The molecule has 0 saturated heterocycles. The highest BCUT2D eigenvalue weighted by Crippen LogP contribution is 2.30. The molecule has 0 bridgehead atoms. The molecule has 5 nitrogen and oxygen atoms in total. The van der Waals surface area contributed by atoms with Crippen LogP contribution in [-0.2, 0) is 6.18 Å². The number of benzene rings is 2. The Balaban J connectivity index is 1.93. The van der Waals surface area contributed by atoms with Crippen LogP contribution in [0.2, 0.25) is 0 Å². The zero-order valence-electron chi connectivity index (χ0n) is 12.9. The third-order valence-electron chi connectivity index (χ3n) is 3.69. The number of fused-ring (bicyclic) bond motifs is 1. The van der Waals surface area contributed by atoms with Gasteiger partial charge in [0.25, 0.3) is 11.5 Å². The molecule has 3 rings (SSSR count). The molecule has 0 atom stereocenters. The normalized spacial score (nSPS) is 11.5. The average Bonchev–Trinajstić information content (AvgIpc) is 2.57. The molecule has 0 radical (unpaired) electrons. The highest BCUT2D eigenvalue weighted by atomic mass is 19.4. The number of nitrogens with one attached hydrogen (secondary N) is 2. The van der Waals surface area contributed by atoms with Gasteiger partial charge in [0.15, 0.2) is 0 Å². The van der Waals surface area contributed by atoms with Gasteiger partial charge in [-0.2, -0.15) is 18.3 Å². The Morgan fingerprint density at radius 3 is 2.60 bits per heavy atom. The van der Waals surface area contributed by atoms with Gasteiger partial charge in [-0.25, -0.2) is 5.10 Å². The SMILES string of the molecule is Cc1n[nH]c(=O)c2ccc(C(=O)Nc3cccc(C(F)(F)F)c3)cc12. The standard InChI is InChI=1S/C17H12F3N3O2/c1-9-14-7-10(5-6-13(14)16(25)23-22-9)15(24)21-12-4-2-3-11(8-12)17(18,19)20/h2-8H,1H3,(H,21,24)(H,23,25). The molecule has 0 aliphatic heterocycles. The molecule has 0 aliphatic carbocycles. The number of aromatic amines is 1. The second-order valence-electron chi connectivity index (χ2n) is 5.43. The molecule has 1 amide bonds. The van der Waals surface area contributed by atoms with Crippen LogP contribution in [0.25, 0.3) is 10.8 Å². The minimum Gasteiger partial charge on any atom is -0.322 e. The predicted octanol–water partition coefficient (Wildman–Crippen LogP) is 3.50. The first-order valence-electron chi connectivity index (χ1n) is 7.23. The molecule has 1 aromatic heterocycles. The maximum atomic E-state index is 12.7. The van der Waals surface area contributed by atoms with Crippen LogP contribution in [0.4, 0.5) is 18.9 Å². The highest BCUT2D eigenvalue weighted by molar-refractivity contribution is 6.06. The van der Waals surface area contributed by atoms with Crippen molar-refractivity contribution < 1.29 is 18.0 Å². The Morgan fingerprint density at radius 2 is 1.88 bits per heavy atom. The van der Waals surface area contributed by atoms with E-state index in [-0.39, 0.29) is 16.8 Å². The molecule has 8 heteroatoms. The quantitative estimate of drug-likeness (QED) is 0.745. The summed E-state index contributed by atoms with van der Waals surface area (Å²) in [6.07, 6.45) is -4.49. The number of carbonyl (C=O) groups is 1. The number of aryl methyl sites for hydroxylation is 1. The van der Waals surface area contributed by atoms with E-state index in [1.807, 2.05) is 0 Å². The van der Waals surface area contributed by atoms with Crippen molar-refractivity contribution in [2.45, 2.75) is 13.1 Å². The third kappa shape index (κ3) is 3.37. The summed E-state index contributed by atoms with van der Waals surface area (Å²) in [5.74, 6) is -0.582. The van der Waals surface area contributed by atoms with Crippen molar-refractivity contribution in [1.82, 2.24) is 10.2 Å². The lowest BCUT2D eigenvalue weighted by molar-refractivity contribution is -0.137. The van der Waals surface area contributed by atoms with Crippen molar-refractivity contribution in [1.29, 1.82) is 0 Å². The molecule has 0 fully saturated rings. The summed E-state index contributed by atoms with van der Waals surface area (Å²) >= 11 is 0. The van der Waals surface area contributed by atoms with Crippen molar-refractivity contribution >= 4 is 22.4 Å². The van der Waals surface area contributed by atoms with Gasteiger partial charge >= 0.3 is 6.18 Å². The van der Waals surface area contributed by atoms with Gasteiger partial charge in [-0.15, -0.1) is 0 Å². The number of H-pyrrole nitrogens is 1. The summed E-state index contributed by atoms with van der Waals surface area (Å²) in [5.41, 5.74) is -0.467. The zero-order chi connectivity index (χ0) is 18.2. The van der Waals surface area contributed by atoms with Crippen LogP contribution < -0.4 is 10.9 Å². The van der Waals surface area contributed by atoms with Crippen LogP contribution in [0.1, 0.15) is 21.6 Å². The van der Waals surface area contributed by atoms with E-state index in [0.29, 0.717) is 16.5 Å². The fourth-order valence-corrected chi connectivity index (χ4v) is 2.41. The molecular weight excluding hydrogens is 335 g/mol. The Morgan fingerprint density at radius 1 is 1.12 bits per heavy atom. The van der Waals surface area contributed by atoms with Gasteiger partial charge in [0, 0.05) is 16.6 Å². The molecule has 0 spiro atoms. The van der Waals surface area contributed by atoms with Crippen LogP contribution >= 0.6 is 0 Å². The number of nitrogens with zero attached hydrogens (tertiary/aromatic N) is 1. The van der Waals surface area contributed by atoms with E-state index in [1.54, 1.807) is 6.92 Å². The summed E-state index contributed by atoms with van der Waals surface area (Å²) in [7, 11) is 0. The van der Waals surface area contributed by atoms with Gasteiger partial charge in [0.2, 0.25) is 0 Å². The Hall–Kier alpha value is -3.16. The Labute approximate surface area is 139 Å². The van der Waals surface area contributed by atoms with E-state index in [9.17, 15) is 22.8 Å². The van der Waals surface area contributed by atoms with Gasteiger partial charge in [0.05, 0.1) is 16.6 Å². The van der Waals surface area contributed by atoms with Gasteiger partial charge in [-0.05, 0) is 43.3 Å². The number of aromatic nitrogens is 2. The lowest BCUT2D eigenvalue weighted by Crippen LogP contribution is -2.14. The summed E-state index contributed by atoms with van der Waals surface area (Å²) in [6.45, 7) is 1.67. The van der Waals surface area contributed by atoms with Crippen molar-refractivity contribution in [2.24, 2.45) is 0 Å². The molecule has 0 aliphatic rings. The zero-order valence-corrected chi connectivity index (χ0v) is 12.9. The molecule has 0 saturated carbocycles. The first-order chi connectivity index (χ1) is 11.8. The first kappa shape index (κ1) is 16.7. The van der Waals surface area contributed by atoms with Crippen LogP contribution in [0, 0.1) is 6.92 Å². The van der Waals surface area contributed by atoms with E-state index in [4.69, 9.17) is 0 Å². The highest BCUT2D eigenvalue weighted by Gasteiger charge is 2.30. The Bertz CT molecular complexity index is 1030. The van der Waals surface area contributed by atoms with Crippen LogP contribution in [-0.4, -0.2) is 16.1 Å². The van der Waals surface area contributed by atoms with Crippen molar-refractivity contribution in [3.63, 3.8) is 0 Å². The smallest absolute Gasteiger partial charge is 0.322 e. The summed E-state index contributed by atoms with van der Waals surface area (Å²) in [4.78, 5) is 24.0. The van der Waals surface area contributed by atoms with E-state index in [0.717, 1.165) is 12.1 Å². The summed E-state index contributed by atoms with van der Waals surface area (Å²) in [6, 6.07) is 8.75. The van der Waals surface area contributed by atoms with Crippen LogP contribution in [0.3, 0.4) is 0 Å². The minimum atomic E-state index is -4.49. The maximum Gasteiger partial charge on any atom is 0.416 e. The number of anilines is 1. The first-order valence-corrected chi connectivity index (χ1v) is 7.23. The fraction of sp³-hybridized carbons (Fsp3) is 0.118. The molecule has 3 aromatic rings. The molecule has 2 aromatic carbocycles. The largest absolute Gasteiger partial charge is 0.416 e. The van der Waals surface area contributed by atoms with E-state index < -0.39 is 17.6 Å². The van der Waals surface area contributed by atoms with Gasteiger partial charge in [-0.3, -0.25) is 9.59 Å². The maximum absolute atomic E-state index is 12.7. The van der Waals surface area contributed by atoms with Crippen molar-refractivity contribution in [3.8, 4) is 0 Å². The predicted molar refractivity (Wildman–Crippen MR) is 86.5 cm³/mol. The molecule has 25 heavy (non-hydrogen) atoms. The molecule has 2 N–H and O–H groups in total. The number of hydrogen-bond donors (Lipinski definition) is 2. The second-order valence-corrected chi connectivity index (χ2v) is 5.43. The number of halogens is 3. The van der Waals surface area contributed by atoms with Gasteiger partial charge < -0.3 is 5.32 Å². The van der Waals surface area contributed by atoms with Gasteiger partial charge in [-0.1, -0.05) is 6.07 Å². The van der Waals surface area contributed by atoms with Crippen LogP contribution in [0.15, 0.2) is 47.3 Å².